The lowest BCUT2D eigenvalue weighted by atomic mass is 10.2. The third-order valence-corrected chi connectivity index (χ3v) is 4.03. The van der Waals surface area contributed by atoms with Gasteiger partial charge in [0.2, 0.25) is 0 Å². The molecule has 2 aromatic rings. The molecule has 0 unspecified atom stereocenters. The number of hydrazone groups is 1. The monoisotopic (exact) mass is 444 g/mol. The quantitative estimate of drug-likeness (QED) is 0.519. The predicted octanol–water partition coefficient (Wildman–Crippen LogP) is 3.98. The highest BCUT2D eigenvalue weighted by Gasteiger charge is 2.09. The smallest absolute Gasteiger partial charge is 0.341 e. The van der Waals surface area contributed by atoms with Crippen LogP contribution in [0, 0.1) is 0 Å². The number of carboxylic acids is 1. The summed E-state index contributed by atoms with van der Waals surface area (Å²) in [6.45, 7) is -0.441. The number of carbonyl (C=O) groups excluding carboxylic acids is 1. The van der Waals surface area contributed by atoms with Crippen molar-refractivity contribution in [2.45, 2.75) is 0 Å². The zero-order valence-corrected chi connectivity index (χ0v) is 15.6. The number of hydrogen-bond donors (Lipinski definition) is 2. The Morgan fingerprint density at radius 1 is 1.24 bits per heavy atom. The number of carbonyl (C=O) groups is 2. The molecule has 0 spiro atoms. The Kier molecular flexibility index (Phi) is 6.81. The van der Waals surface area contributed by atoms with Gasteiger partial charge >= 0.3 is 5.97 Å². The zero-order valence-electron chi connectivity index (χ0n) is 12.5. The van der Waals surface area contributed by atoms with Gasteiger partial charge in [-0.15, -0.1) is 0 Å². The van der Waals surface area contributed by atoms with Crippen molar-refractivity contribution in [2.75, 3.05) is 6.61 Å². The van der Waals surface area contributed by atoms with Gasteiger partial charge in [0.25, 0.3) is 5.91 Å². The molecule has 0 aliphatic heterocycles. The topological polar surface area (TPSA) is 88.0 Å². The fourth-order valence-electron chi connectivity index (χ4n) is 1.75. The van der Waals surface area contributed by atoms with Crippen LogP contribution in [0.4, 0.5) is 0 Å². The minimum atomic E-state index is -1.07. The Labute approximate surface area is 161 Å². The molecule has 2 rings (SSSR count). The van der Waals surface area contributed by atoms with Crippen LogP contribution in [0.25, 0.3) is 0 Å². The van der Waals surface area contributed by atoms with Gasteiger partial charge < -0.3 is 9.84 Å². The predicted molar refractivity (Wildman–Crippen MR) is 98.8 cm³/mol. The van der Waals surface area contributed by atoms with E-state index in [0.29, 0.717) is 20.8 Å². The first-order valence-corrected chi connectivity index (χ1v) is 8.34. The normalized spacial score (nSPS) is 10.7. The van der Waals surface area contributed by atoms with Crippen molar-refractivity contribution in [2.24, 2.45) is 5.10 Å². The lowest BCUT2D eigenvalue weighted by Crippen LogP contribution is -2.18. The second-order valence-corrected chi connectivity index (χ2v) is 6.39. The summed E-state index contributed by atoms with van der Waals surface area (Å²) in [6.07, 6.45) is 1.42. The number of ether oxygens (including phenoxy) is 1. The lowest BCUT2D eigenvalue weighted by Gasteiger charge is -2.06. The van der Waals surface area contributed by atoms with E-state index in [1.165, 1.54) is 18.3 Å². The average Bonchev–Trinajstić information content (AvgIpc) is 2.53. The van der Waals surface area contributed by atoms with Crippen molar-refractivity contribution in [3.63, 3.8) is 0 Å². The zero-order chi connectivity index (χ0) is 18.4. The highest BCUT2D eigenvalue weighted by Crippen LogP contribution is 2.25. The van der Waals surface area contributed by atoms with Crippen LogP contribution in [0.1, 0.15) is 15.9 Å². The fourth-order valence-corrected chi connectivity index (χ4v) is 2.76. The first-order chi connectivity index (χ1) is 11.9. The molecule has 0 aromatic heterocycles. The number of hydrogen-bond acceptors (Lipinski definition) is 4. The molecule has 0 heterocycles. The van der Waals surface area contributed by atoms with Crippen LogP contribution in [0.3, 0.4) is 0 Å². The molecular weight excluding hydrogens is 435 g/mol. The molecule has 9 heteroatoms. The number of benzene rings is 2. The average molecular weight is 446 g/mol. The SMILES string of the molecule is O=C(O)COc1ccc(/C=N\NC(=O)c2ccc(Cl)cc2Cl)cc1Br. The van der Waals surface area contributed by atoms with Gasteiger partial charge in [-0.1, -0.05) is 23.2 Å². The summed E-state index contributed by atoms with van der Waals surface area (Å²) < 4.78 is 5.65. The van der Waals surface area contributed by atoms with E-state index in [1.54, 1.807) is 24.3 Å². The maximum absolute atomic E-state index is 12.0. The number of aliphatic carboxylic acids is 1. The van der Waals surface area contributed by atoms with Crippen LogP contribution < -0.4 is 10.2 Å². The third kappa shape index (κ3) is 5.74. The molecule has 0 bridgehead atoms. The van der Waals surface area contributed by atoms with Crippen molar-refractivity contribution in [1.82, 2.24) is 5.43 Å². The van der Waals surface area contributed by atoms with Gasteiger partial charge in [0.1, 0.15) is 5.75 Å². The van der Waals surface area contributed by atoms with E-state index in [1.807, 2.05) is 0 Å². The standard InChI is InChI=1S/C16H11BrCl2N2O4/c17-12-5-9(1-4-14(12)25-8-15(22)23)7-20-21-16(24)11-3-2-10(18)6-13(11)19/h1-7H,8H2,(H,21,24)(H,22,23)/b20-7-. The Bertz CT molecular complexity index is 843. The van der Waals surface area contributed by atoms with E-state index in [0.717, 1.165) is 0 Å². The highest BCUT2D eigenvalue weighted by molar-refractivity contribution is 9.10. The van der Waals surface area contributed by atoms with E-state index in [9.17, 15) is 9.59 Å². The maximum atomic E-state index is 12.0. The van der Waals surface area contributed by atoms with Crippen molar-refractivity contribution < 1.29 is 19.4 Å². The summed E-state index contributed by atoms with van der Waals surface area (Å²) in [6, 6.07) is 9.44. The molecule has 0 saturated heterocycles. The highest BCUT2D eigenvalue weighted by atomic mass is 79.9. The van der Waals surface area contributed by atoms with E-state index >= 15 is 0 Å². The Hall–Kier alpha value is -2.09. The molecule has 1 amide bonds. The number of amides is 1. The van der Waals surface area contributed by atoms with Crippen LogP contribution in [0.2, 0.25) is 10.0 Å². The van der Waals surface area contributed by atoms with Gasteiger partial charge in [-0.25, -0.2) is 10.2 Å². The second kappa shape index (κ2) is 8.84. The molecule has 25 heavy (non-hydrogen) atoms. The summed E-state index contributed by atoms with van der Waals surface area (Å²) in [7, 11) is 0. The van der Waals surface area contributed by atoms with Gasteiger partial charge in [0, 0.05) is 5.02 Å². The molecule has 0 aliphatic carbocycles. The Morgan fingerprint density at radius 3 is 2.64 bits per heavy atom. The Morgan fingerprint density at radius 2 is 2.00 bits per heavy atom. The van der Waals surface area contributed by atoms with E-state index in [4.69, 9.17) is 33.0 Å². The minimum Gasteiger partial charge on any atom is -0.481 e. The van der Waals surface area contributed by atoms with Crippen molar-refractivity contribution in [3.8, 4) is 5.75 Å². The van der Waals surface area contributed by atoms with Crippen LogP contribution >= 0.6 is 39.1 Å². The fraction of sp³-hybridized carbons (Fsp3) is 0.0625. The summed E-state index contributed by atoms with van der Waals surface area (Å²) in [5.74, 6) is -1.16. The first-order valence-electron chi connectivity index (χ1n) is 6.79. The molecular formula is C16H11BrCl2N2O4. The molecule has 0 saturated carbocycles. The lowest BCUT2D eigenvalue weighted by molar-refractivity contribution is -0.139. The molecule has 6 nitrogen and oxygen atoms in total. The second-order valence-electron chi connectivity index (χ2n) is 4.70. The number of nitrogens with one attached hydrogen (secondary N) is 1. The first kappa shape index (κ1) is 19.2. The van der Waals surface area contributed by atoms with Crippen molar-refractivity contribution >= 4 is 57.2 Å². The summed E-state index contributed by atoms with van der Waals surface area (Å²) in [4.78, 5) is 22.5. The molecule has 2 aromatic carbocycles. The van der Waals surface area contributed by atoms with Gasteiger partial charge in [0.15, 0.2) is 6.61 Å². The van der Waals surface area contributed by atoms with E-state index in [2.05, 4.69) is 26.5 Å². The maximum Gasteiger partial charge on any atom is 0.341 e. The molecule has 0 fully saturated rings. The molecule has 0 atom stereocenters. The molecule has 0 aliphatic rings. The van der Waals surface area contributed by atoms with Crippen molar-refractivity contribution in [3.05, 3.63) is 62.0 Å². The van der Waals surface area contributed by atoms with Crippen LogP contribution in [-0.4, -0.2) is 29.8 Å². The van der Waals surface area contributed by atoms with Gasteiger partial charge in [0.05, 0.1) is 21.3 Å². The molecule has 130 valence electrons. The van der Waals surface area contributed by atoms with Crippen LogP contribution in [0.5, 0.6) is 5.75 Å². The number of halogens is 3. The van der Waals surface area contributed by atoms with Gasteiger partial charge in [-0.2, -0.15) is 5.10 Å². The number of rotatable bonds is 6. The number of carboxylic acid groups (broad SMARTS) is 1. The molecule has 0 radical (unpaired) electrons. The van der Waals surface area contributed by atoms with E-state index < -0.39 is 18.5 Å². The number of nitrogens with zero attached hydrogens (tertiary/aromatic N) is 1. The van der Waals surface area contributed by atoms with Crippen molar-refractivity contribution in [1.29, 1.82) is 0 Å². The van der Waals surface area contributed by atoms with Gasteiger partial charge in [-0.05, 0) is 57.9 Å². The van der Waals surface area contributed by atoms with Crippen LogP contribution in [0.15, 0.2) is 46.0 Å². The summed E-state index contributed by atoms with van der Waals surface area (Å²) in [5.41, 5.74) is 3.28. The largest absolute Gasteiger partial charge is 0.481 e. The van der Waals surface area contributed by atoms with E-state index in [-0.39, 0.29) is 10.6 Å². The van der Waals surface area contributed by atoms with Crippen LogP contribution in [-0.2, 0) is 4.79 Å². The minimum absolute atomic E-state index is 0.225. The third-order valence-electron chi connectivity index (χ3n) is 2.86. The van der Waals surface area contributed by atoms with Gasteiger partial charge in [-0.3, -0.25) is 4.79 Å². The summed E-state index contributed by atoms with van der Waals surface area (Å²) >= 11 is 15.0. The Balaban J connectivity index is 2.00. The summed E-state index contributed by atoms with van der Waals surface area (Å²) in [5, 5.41) is 13.1. The molecule has 2 N–H and O–H groups in total.